The highest BCUT2D eigenvalue weighted by Crippen LogP contribution is 2.17. The molecule has 1 heterocycles. The number of carbonyl (C=O) groups is 1. The van der Waals surface area contributed by atoms with E-state index < -0.39 is 0 Å². The van der Waals surface area contributed by atoms with Gasteiger partial charge in [-0.25, -0.2) is 0 Å². The molecule has 0 aliphatic carbocycles. The molecule has 0 bridgehead atoms. The van der Waals surface area contributed by atoms with Crippen LogP contribution in [0.25, 0.3) is 0 Å². The number of nitrogens with zero attached hydrogens (tertiary/aromatic N) is 3. The summed E-state index contributed by atoms with van der Waals surface area (Å²) < 4.78 is 5.16. The minimum Gasteiger partial charge on any atom is -0.497 e. The molecule has 0 atom stereocenters. The van der Waals surface area contributed by atoms with Crippen molar-refractivity contribution in [3.8, 4) is 5.75 Å². The number of rotatable bonds is 8. The lowest BCUT2D eigenvalue weighted by Crippen LogP contribution is -2.09. The summed E-state index contributed by atoms with van der Waals surface area (Å²) in [6.07, 6.45) is 2.38. The van der Waals surface area contributed by atoms with Crippen molar-refractivity contribution in [2.45, 2.75) is 13.3 Å². The number of anilines is 4. The lowest BCUT2D eigenvalue weighted by molar-refractivity contribution is -0.114. The van der Waals surface area contributed by atoms with Crippen LogP contribution in [0.2, 0.25) is 0 Å². The van der Waals surface area contributed by atoms with Crippen molar-refractivity contribution in [3.05, 3.63) is 60.3 Å². The number of nitrogens with one attached hydrogen (secondary N) is 3. The summed E-state index contributed by atoms with van der Waals surface area (Å²) in [5, 5.41) is 17.0. The van der Waals surface area contributed by atoms with Gasteiger partial charge >= 0.3 is 0 Å². The molecule has 1 aromatic heterocycles. The molecule has 3 rings (SSSR count). The molecule has 0 spiro atoms. The predicted octanol–water partition coefficient (Wildman–Crippen LogP) is 3.24. The average molecular weight is 378 g/mol. The highest BCUT2D eigenvalue weighted by Gasteiger charge is 2.03. The van der Waals surface area contributed by atoms with Gasteiger partial charge in [0.1, 0.15) is 5.75 Å². The number of amides is 1. The van der Waals surface area contributed by atoms with E-state index in [4.69, 9.17) is 4.74 Å². The van der Waals surface area contributed by atoms with Crippen molar-refractivity contribution >= 4 is 29.0 Å². The fourth-order valence-electron chi connectivity index (χ4n) is 2.54. The number of hydrogen-bond acceptors (Lipinski definition) is 7. The van der Waals surface area contributed by atoms with Crippen molar-refractivity contribution in [1.29, 1.82) is 0 Å². The third-order valence-corrected chi connectivity index (χ3v) is 3.89. The number of methoxy groups -OCH3 is 1. The zero-order valence-corrected chi connectivity index (χ0v) is 15.8. The van der Waals surface area contributed by atoms with E-state index in [1.165, 1.54) is 12.5 Å². The van der Waals surface area contributed by atoms with Crippen LogP contribution < -0.4 is 20.7 Å². The molecule has 1 amide bonds. The van der Waals surface area contributed by atoms with E-state index in [-0.39, 0.29) is 5.91 Å². The maximum atomic E-state index is 11.1. The minimum absolute atomic E-state index is 0.105. The molecule has 28 heavy (non-hydrogen) atoms. The van der Waals surface area contributed by atoms with E-state index in [1.54, 1.807) is 13.3 Å². The zero-order chi connectivity index (χ0) is 19.8. The standard InChI is InChI=1S/C20H22N6O2/c1-14(27)23-16-5-7-17(8-6-16)24-19-13-22-26-20(25-19)21-12-11-15-3-9-18(28-2)10-4-15/h3-10,13H,11-12H2,1-2H3,(H,23,27)(H2,21,24,25,26). The van der Waals surface area contributed by atoms with Gasteiger partial charge in [0.05, 0.1) is 13.3 Å². The molecular weight excluding hydrogens is 356 g/mol. The third-order valence-electron chi connectivity index (χ3n) is 3.89. The molecule has 0 radical (unpaired) electrons. The van der Waals surface area contributed by atoms with E-state index >= 15 is 0 Å². The Kier molecular flexibility index (Phi) is 6.35. The Bertz CT molecular complexity index is 913. The van der Waals surface area contributed by atoms with E-state index in [1.807, 2.05) is 48.5 Å². The van der Waals surface area contributed by atoms with Crippen molar-refractivity contribution in [1.82, 2.24) is 15.2 Å². The molecule has 3 N–H and O–H groups in total. The molecule has 8 nitrogen and oxygen atoms in total. The van der Waals surface area contributed by atoms with Gasteiger partial charge in [-0.3, -0.25) is 4.79 Å². The molecule has 0 saturated heterocycles. The SMILES string of the molecule is COc1ccc(CCNc2nncc(Nc3ccc(NC(C)=O)cc3)n2)cc1. The van der Waals surface area contributed by atoms with Gasteiger partial charge in [0.2, 0.25) is 11.9 Å². The van der Waals surface area contributed by atoms with E-state index in [2.05, 4.69) is 31.1 Å². The molecule has 0 aliphatic heterocycles. The molecule has 2 aromatic carbocycles. The summed E-state index contributed by atoms with van der Waals surface area (Å²) >= 11 is 0. The van der Waals surface area contributed by atoms with Gasteiger partial charge in [-0.1, -0.05) is 12.1 Å². The van der Waals surface area contributed by atoms with Gasteiger partial charge in [0, 0.05) is 24.8 Å². The molecule has 8 heteroatoms. The Hall–Kier alpha value is -3.68. The monoisotopic (exact) mass is 378 g/mol. The van der Waals surface area contributed by atoms with Crippen molar-refractivity contribution in [3.63, 3.8) is 0 Å². The van der Waals surface area contributed by atoms with Crippen molar-refractivity contribution in [2.24, 2.45) is 0 Å². The Morgan fingerprint density at radius 1 is 1.04 bits per heavy atom. The smallest absolute Gasteiger partial charge is 0.244 e. The largest absolute Gasteiger partial charge is 0.497 e. The van der Waals surface area contributed by atoms with Gasteiger partial charge in [-0.05, 0) is 48.4 Å². The van der Waals surface area contributed by atoms with Crippen LogP contribution in [0.5, 0.6) is 5.75 Å². The van der Waals surface area contributed by atoms with Gasteiger partial charge < -0.3 is 20.7 Å². The maximum Gasteiger partial charge on any atom is 0.244 e. The first kappa shape index (κ1) is 19.1. The van der Waals surface area contributed by atoms with Crippen LogP contribution in [0.4, 0.5) is 23.1 Å². The van der Waals surface area contributed by atoms with Gasteiger partial charge in [0.15, 0.2) is 5.82 Å². The second kappa shape index (κ2) is 9.31. The predicted molar refractivity (Wildman–Crippen MR) is 109 cm³/mol. The van der Waals surface area contributed by atoms with Crippen molar-refractivity contribution < 1.29 is 9.53 Å². The van der Waals surface area contributed by atoms with Crippen LogP contribution in [0, 0.1) is 0 Å². The quantitative estimate of drug-likeness (QED) is 0.553. The highest BCUT2D eigenvalue weighted by atomic mass is 16.5. The molecule has 0 fully saturated rings. The fraction of sp³-hybridized carbons (Fsp3) is 0.200. The lowest BCUT2D eigenvalue weighted by atomic mass is 10.1. The van der Waals surface area contributed by atoms with Gasteiger partial charge in [-0.2, -0.15) is 10.1 Å². The van der Waals surface area contributed by atoms with Crippen LogP contribution in [-0.4, -0.2) is 34.7 Å². The minimum atomic E-state index is -0.105. The summed E-state index contributed by atoms with van der Waals surface area (Å²) in [4.78, 5) is 15.5. The number of hydrogen-bond donors (Lipinski definition) is 3. The second-order valence-corrected chi connectivity index (χ2v) is 6.07. The number of aromatic nitrogens is 3. The summed E-state index contributed by atoms with van der Waals surface area (Å²) in [7, 11) is 1.65. The fourth-order valence-corrected chi connectivity index (χ4v) is 2.54. The van der Waals surface area contributed by atoms with Gasteiger partial charge in [-0.15, -0.1) is 5.10 Å². The van der Waals surface area contributed by atoms with E-state index in [0.717, 1.165) is 23.5 Å². The van der Waals surface area contributed by atoms with Crippen molar-refractivity contribution in [2.75, 3.05) is 29.6 Å². The zero-order valence-electron chi connectivity index (χ0n) is 15.8. The van der Waals surface area contributed by atoms with Crippen LogP contribution in [-0.2, 0) is 11.2 Å². The maximum absolute atomic E-state index is 11.1. The molecule has 144 valence electrons. The first-order valence-corrected chi connectivity index (χ1v) is 8.83. The summed E-state index contributed by atoms with van der Waals surface area (Å²) in [6, 6.07) is 15.3. The van der Waals surface area contributed by atoms with E-state index in [0.29, 0.717) is 18.3 Å². The first-order chi connectivity index (χ1) is 13.6. The molecule has 0 unspecified atom stereocenters. The highest BCUT2D eigenvalue weighted by molar-refractivity contribution is 5.88. The number of carbonyl (C=O) groups excluding carboxylic acids is 1. The Morgan fingerprint density at radius 3 is 2.43 bits per heavy atom. The molecular formula is C20H22N6O2. The summed E-state index contributed by atoms with van der Waals surface area (Å²) in [5.41, 5.74) is 2.76. The van der Waals surface area contributed by atoms with Crippen LogP contribution >= 0.6 is 0 Å². The van der Waals surface area contributed by atoms with Gasteiger partial charge in [0.25, 0.3) is 0 Å². The molecule has 0 aliphatic rings. The second-order valence-electron chi connectivity index (χ2n) is 6.07. The summed E-state index contributed by atoms with van der Waals surface area (Å²) in [5.74, 6) is 1.77. The van der Waals surface area contributed by atoms with Crippen LogP contribution in [0.3, 0.4) is 0 Å². The Morgan fingerprint density at radius 2 is 1.75 bits per heavy atom. The number of benzene rings is 2. The molecule has 0 saturated carbocycles. The van der Waals surface area contributed by atoms with E-state index in [9.17, 15) is 4.79 Å². The summed E-state index contributed by atoms with van der Waals surface area (Å²) in [6.45, 7) is 2.16. The third kappa shape index (κ3) is 5.66. The Labute approximate surface area is 163 Å². The average Bonchev–Trinajstić information content (AvgIpc) is 2.70. The molecule has 3 aromatic rings. The van der Waals surface area contributed by atoms with Crippen LogP contribution in [0.15, 0.2) is 54.7 Å². The Balaban J connectivity index is 1.53. The first-order valence-electron chi connectivity index (χ1n) is 8.83. The topological polar surface area (TPSA) is 101 Å². The lowest BCUT2D eigenvalue weighted by Gasteiger charge is -2.09. The van der Waals surface area contributed by atoms with Crippen LogP contribution in [0.1, 0.15) is 12.5 Å². The number of ether oxygens (including phenoxy) is 1. The normalized spacial score (nSPS) is 10.2.